The Morgan fingerprint density at radius 3 is 2.53 bits per heavy atom. The highest BCUT2D eigenvalue weighted by Gasteiger charge is 2.21. The van der Waals surface area contributed by atoms with E-state index in [1.807, 2.05) is 0 Å². The van der Waals surface area contributed by atoms with Gasteiger partial charge in [0, 0.05) is 25.7 Å². The summed E-state index contributed by atoms with van der Waals surface area (Å²) in [5, 5.41) is 21.7. The van der Waals surface area contributed by atoms with Crippen molar-refractivity contribution in [2.75, 3.05) is 51.9 Å². The van der Waals surface area contributed by atoms with Crippen molar-refractivity contribution in [2.45, 2.75) is 0 Å². The molecule has 30 heavy (non-hydrogen) atoms. The molecule has 0 radical (unpaired) electrons. The van der Waals surface area contributed by atoms with Crippen molar-refractivity contribution >= 4 is 23.3 Å². The quantitative estimate of drug-likeness (QED) is 0.567. The topological polar surface area (TPSA) is 118 Å². The number of anilines is 2. The van der Waals surface area contributed by atoms with Crippen LogP contribution in [0.5, 0.6) is 11.5 Å². The first kappa shape index (κ1) is 21.4. The van der Waals surface area contributed by atoms with Crippen LogP contribution in [0.15, 0.2) is 36.4 Å². The van der Waals surface area contributed by atoms with Gasteiger partial charge in [-0.25, -0.2) is 9.59 Å². The molecule has 2 aromatic carbocycles. The monoisotopic (exact) mass is 416 g/mol. The molecule has 9 nitrogen and oxygen atoms in total. The third-order valence-corrected chi connectivity index (χ3v) is 4.73. The van der Waals surface area contributed by atoms with Gasteiger partial charge in [0.25, 0.3) is 0 Å². The first-order chi connectivity index (χ1) is 14.5. The summed E-state index contributed by atoms with van der Waals surface area (Å²) in [6.07, 6.45) is 0. The number of hydrogen-bond acceptors (Lipinski definition) is 7. The van der Waals surface area contributed by atoms with E-state index in [0.717, 1.165) is 32.8 Å². The Morgan fingerprint density at radius 2 is 1.87 bits per heavy atom. The molecule has 1 heterocycles. The maximum Gasteiger partial charge on any atom is 0.338 e. The number of methoxy groups -OCH3 is 1. The van der Waals surface area contributed by atoms with Gasteiger partial charge in [-0.05, 0) is 24.3 Å². The molecule has 0 aromatic heterocycles. The maximum atomic E-state index is 11.6. The van der Waals surface area contributed by atoms with Gasteiger partial charge in [-0.1, -0.05) is 6.07 Å². The Hall–Kier alpha value is -3.30. The predicted octanol–water partition coefficient (Wildman–Crippen LogP) is 2.55. The molecule has 0 atom stereocenters. The summed E-state index contributed by atoms with van der Waals surface area (Å²) in [4.78, 5) is 25.3. The van der Waals surface area contributed by atoms with Crippen molar-refractivity contribution < 1.29 is 34.0 Å². The van der Waals surface area contributed by atoms with Gasteiger partial charge >= 0.3 is 11.9 Å². The highest BCUT2D eigenvalue weighted by molar-refractivity contribution is 6.06. The Morgan fingerprint density at radius 1 is 1.10 bits per heavy atom. The molecule has 2 aromatic rings. The van der Waals surface area contributed by atoms with Gasteiger partial charge in [0.2, 0.25) is 0 Å². The summed E-state index contributed by atoms with van der Waals surface area (Å²) >= 11 is 0. The number of carboxylic acids is 2. The third-order valence-electron chi connectivity index (χ3n) is 4.73. The van der Waals surface area contributed by atoms with E-state index in [1.165, 1.54) is 25.3 Å². The van der Waals surface area contributed by atoms with Crippen LogP contribution in [0.4, 0.5) is 11.4 Å². The van der Waals surface area contributed by atoms with Crippen LogP contribution < -0.4 is 14.8 Å². The van der Waals surface area contributed by atoms with E-state index in [4.69, 9.17) is 14.2 Å². The molecule has 0 amide bonds. The summed E-state index contributed by atoms with van der Waals surface area (Å²) in [7, 11) is 1.49. The van der Waals surface area contributed by atoms with Crippen LogP contribution in [0, 0.1) is 0 Å². The van der Waals surface area contributed by atoms with Gasteiger partial charge in [0.1, 0.15) is 18.1 Å². The van der Waals surface area contributed by atoms with Crippen LogP contribution in [-0.2, 0) is 4.74 Å². The number of rotatable bonds is 9. The van der Waals surface area contributed by atoms with Gasteiger partial charge in [0.15, 0.2) is 0 Å². The first-order valence-electron chi connectivity index (χ1n) is 9.47. The van der Waals surface area contributed by atoms with E-state index in [1.54, 1.807) is 18.2 Å². The molecule has 3 N–H and O–H groups in total. The Kier molecular flexibility index (Phi) is 7.10. The number of carbonyl (C=O) groups is 2. The van der Waals surface area contributed by atoms with E-state index in [2.05, 4.69) is 10.2 Å². The van der Waals surface area contributed by atoms with E-state index in [9.17, 15) is 19.8 Å². The molecule has 0 spiro atoms. The van der Waals surface area contributed by atoms with Crippen molar-refractivity contribution in [2.24, 2.45) is 0 Å². The minimum Gasteiger partial charge on any atom is -0.494 e. The molecule has 0 bridgehead atoms. The van der Waals surface area contributed by atoms with Crippen LogP contribution in [0.3, 0.4) is 0 Å². The molecule has 0 unspecified atom stereocenters. The van der Waals surface area contributed by atoms with E-state index < -0.39 is 11.9 Å². The molecular formula is C21H24N2O7. The molecule has 160 valence electrons. The average Bonchev–Trinajstić information content (AvgIpc) is 2.75. The zero-order valence-electron chi connectivity index (χ0n) is 16.6. The zero-order chi connectivity index (χ0) is 21.5. The van der Waals surface area contributed by atoms with E-state index in [-0.39, 0.29) is 16.8 Å². The number of nitrogens with zero attached hydrogens (tertiary/aromatic N) is 1. The number of benzene rings is 2. The second-order valence-corrected chi connectivity index (χ2v) is 6.63. The SMILES string of the molecule is COc1cc(OCCN2CCOCC2)ccc1Nc1cccc(C(=O)O)c1C(=O)O. The highest BCUT2D eigenvalue weighted by atomic mass is 16.5. The molecule has 9 heteroatoms. The minimum atomic E-state index is -1.34. The number of aromatic carboxylic acids is 2. The Bertz CT molecular complexity index is 910. The maximum absolute atomic E-state index is 11.6. The lowest BCUT2D eigenvalue weighted by Crippen LogP contribution is -2.38. The van der Waals surface area contributed by atoms with Crippen LogP contribution >= 0.6 is 0 Å². The molecule has 1 aliphatic rings. The van der Waals surface area contributed by atoms with Gasteiger partial charge in [-0.2, -0.15) is 0 Å². The van der Waals surface area contributed by atoms with Gasteiger partial charge in [0.05, 0.1) is 42.8 Å². The average molecular weight is 416 g/mol. The van der Waals surface area contributed by atoms with Crippen molar-refractivity contribution in [3.8, 4) is 11.5 Å². The van der Waals surface area contributed by atoms with Gasteiger partial charge in [-0.15, -0.1) is 0 Å². The lowest BCUT2D eigenvalue weighted by molar-refractivity contribution is 0.0322. The molecule has 0 saturated carbocycles. The van der Waals surface area contributed by atoms with Crippen LogP contribution in [0.25, 0.3) is 0 Å². The summed E-state index contributed by atoms with van der Waals surface area (Å²) < 4.78 is 16.5. The summed E-state index contributed by atoms with van der Waals surface area (Å²) in [6.45, 7) is 4.54. The summed E-state index contributed by atoms with van der Waals surface area (Å²) in [5.41, 5.74) is 0.0252. The predicted molar refractivity (Wildman–Crippen MR) is 109 cm³/mol. The second-order valence-electron chi connectivity index (χ2n) is 6.63. The Labute approximate surface area is 173 Å². The van der Waals surface area contributed by atoms with Gasteiger partial charge < -0.3 is 29.7 Å². The van der Waals surface area contributed by atoms with Crippen molar-refractivity contribution in [1.29, 1.82) is 0 Å². The Balaban J connectivity index is 1.73. The molecule has 1 fully saturated rings. The van der Waals surface area contributed by atoms with Crippen LogP contribution in [0.1, 0.15) is 20.7 Å². The fourth-order valence-electron chi connectivity index (χ4n) is 3.19. The van der Waals surface area contributed by atoms with Crippen LogP contribution in [-0.4, -0.2) is 73.6 Å². The molecule has 3 rings (SSSR count). The standard InChI is InChI=1S/C21H24N2O7/c1-28-18-13-14(30-12-9-23-7-10-29-11-8-23)5-6-16(18)22-17-4-2-3-15(20(24)25)19(17)21(26)27/h2-6,13,22H,7-12H2,1H3,(H,24,25)(H,26,27). The lowest BCUT2D eigenvalue weighted by Gasteiger charge is -2.26. The summed E-state index contributed by atoms with van der Waals surface area (Å²) in [6, 6.07) is 9.37. The fraction of sp³-hybridized carbons (Fsp3) is 0.333. The third kappa shape index (κ3) is 5.19. The number of nitrogens with one attached hydrogen (secondary N) is 1. The smallest absolute Gasteiger partial charge is 0.338 e. The lowest BCUT2D eigenvalue weighted by atomic mass is 10.0. The fourth-order valence-corrected chi connectivity index (χ4v) is 3.19. The van der Waals surface area contributed by atoms with Crippen molar-refractivity contribution in [3.05, 3.63) is 47.5 Å². The highest BCUT2D eigenvalue weighted by Crippen LogP contribution is 2.33. The zero-order valence-corrected chi connectivity index (χ0v) is 16.6. The van der Waals surface area contributed by atoms with Crippen LogP contribution in [0.2, 0.25) is 0 Å². The number of ether oxygens (including phenoxy) is 3. The molecule has 1 aliphatic heterocycles. The van der Waals surface area contributed by atoms with Crippen molar-refractivity contribution in [3.63, 3.8) is 0 Å². The number of carboxylic acid groups (broad SMARTS) is 2. The number of hydrogen-bond donors (Lipinski definition) is 3. The molecular weight excluding hydrogens is 392 g/mol. The van der Waals surface area contributed by atoms with E-state index in [0.29, 0.717) is 23.8 Å². The second kappa shape index (κ2) is 9.95. The number of morpholine rings is 1. The van der Waals surface area contributed by atoms with Gasteiger partial charge in [-0.3, -0.25) is 4.90 Å². The summed E-state index contributed by atoms with van der Waals surface area (Å²) in [5.74, 6) is -1.59. The normalized spacial score (nSPS) is 14.2. The molecule has 0 aliphatic carbocycles. The minimum absolute atomic E-state index is 0.154. The van der Waals surface area contributed by atoms with E-state index >= 15 is 0 Å². The molecule has 1 saturated heterocycles. The first-order valence-corrected chi connectivity index (χ1v) is 9.47. The van der Waals surface area contributed by atoms with Crippen molar-refractivity contribution in [1.82, 2.24) is 4.90 Å². The largest absolute Gasteiger partial charge is 0.494 e.